The van der Waals surface area contributed by atoms with E-state index in [1.165, 1.54) is 6.33 Å². The Morgan fingerprint density at radius 2 is 1.70 bits per heavy atom. The van der Waals surface area contributed by atoms with E-state index in [0.29, 0.717) is 16.1 Å². The first-order valence-corrected chi connectivity index (χ1v) is 7.52. The second-order valence-electron chi connectivity index (χ2n) is 5.16. The third-order valence-corrected chi connectivity index (χ3v) is 4.12. The lowest BCUT2D eigenvalue weighted by molar-refractivity contribution is 1.07. The lowest BCUT2D eigenvalue weighted by atomic mass is 10.1. The largest absolute Gasteiger partial charge is 0.312 e. The molecule has 5 heteroatoms. The number of H-pyrrole nitrogens is 1. The number of hydrogen-bond acceptors (Lipinski definition) is 2. The van der Waals surface area contributed by atoms with Crippen LogP contribution < -0.4 is 5.56 Å². The minimum absolute atomic E-state index is 0.181. The van der Waals surface area contributed by atoms with Crippen LogP contribution in [0.15, 0.2) is 71.9 Å². The van der Waals surface area contributed by atoms with Crippen LogP contribution in [0.2, 0.25) is 5.02 Å². The third kappa shape index (κ3) is 2.24. The minimum Gasteiger partial charge on any atom is -0.312 e. The Morgan fingerprint density at radius 3 is 2.48 bits per heavy atom. The Bertz CT molecular complexity index is 1050. The molecule has 0 unspecified atom stereocenters. The zero-order valence-corrected chi connectivity index (χ0v) is 12.8. The monoisotopic (exact) mass is 321 g/mol. The summed E-state index contributed by atoms with van der Waals surface area (Å²) in [6.07, 6.45) is 3.32. The molecule has 2 heterocycles. The average molecular weight is 322 g/mol. The van der Waals surface area contributed by atoms with Crippen LogP contribution in [0.3, 0.4) is 0 Å². The van der Waals surface area contributed by atoms with Crippen LogP contribution in [0.25, 0.3) is 27.8 Å². The molecule has 0 fully saturated rings. The molecule has 0 aliphatic rings. The van der Waals surface area contributed by atoms with E-state index < -0.39 is 0 Å². The molecule has 23 heavy (non-hydrogen) atoms. The molecular formula is C18H12ClN3O. The predicted molar refractivity (Wildman–Crippen MR) is 92.1 cm³/mol. The number of nitrogens with zero attached hydrogens (tertiary/aromatic N) is 2. The van der Waals surface area contributed by atoms with Crippen molar-refractivity contribution in [2.45, 2.75) is 0 Å². The predicted octanol–water partition coefficient (Wildman–Crippen LogP) is 4.03. The summed E-state index contributed by atoms with van der Waals surface area (Å²) in [5.41, 5.74) is 2.94. The third-order valence-electron chi connectivity index (χ3n) is 3.79. The number of fused-ring (bicyclic) bond motifs is 1. The lowest BCUT2D eigenvalue weighted by Gasteiger charge is -2.03. The number of hydrogen-bond donors (Lipinski definition) is 1. The maximum absolute atomic E-state index is 12.4. The number of aromatic nitrogens is 3. The molecule has 0 radical (unpaired) electrons. The number of para-hydroxylation sites is 1. The first-order valence-electron chi connectivity index (χ1n) is 7.15. The number of rotatable bonds is 2. The number of halogens is 1. The Morgan fingerprint density at radius 1 is 0.957 bits per heavy atom. The Hall–Kier alpha value is -2.85. The van der Waals surface area contributed by atoms with Gasteiger partial charge in [-0.2, -0.15) is 0 Å². The molecule has 4 rings (SSSR count). The molecule has 4 aromatic rings. The molecule has 1 N–H and O–H groups in total. The Balaban J connectivity index is 2.11. The number of aromatic amines is 1. The van der Waals surface area contributed by atoms with Gasteiger partial charge in [0.1, 0.15) is 0 Å². The summed E-state index contributed by atoms with van der Waals surface area (Å²) in [6, 6.07) is 17.3. The topological polar surface area (TPSA) is 50.7 Å². The summed E-state index contributed by atoms with van der Waals surface area (Å²) in [7, 11) is 0. The molecular weight excluding hydrogens is 310 g/mol. The van der Waals surface area contributed by atoms with Crippen molar-refractivity contribution in [1.82, 2.24) is 14.5 Å². The van der Waals surface area contributed by atoms with Crippen molar-refractivity contribution in [2.75, 3.05) is 0 Å². The molecule has 0 saturated carbocycles. The zero-order valence-electron chi connectivity index (χ0n) is 12.0. The first kappa shape index (κ1) is 13.8. The number of nitrogens with one attached hydrogen (secondary N) is 1. The fourth-order valence-corrected chi connectivity index (χ4v) is 2.98. The highest BCUT2D eigenvalue weighted by Crippen LogP contribution is 2.33. The Kier molecular flexibility index (Phi) is 3.24. The van der Waals surface area contributed by atoms with Gasteiger partial charge in [-0.15, -0.1) is 0 Å². The van der Waals surface area contributed by atoms with Crippen molar-refractivity contribution in [2.24, 2.45) is 0 Å². The van der Waals surface area contributed by atoms with Gasteiger partial charge < -0.3 is 9.55 Å². The second-order valence-corrected chi connectivity index (χ2v) is 5.57. The van der Waals surface area contributed by atoms with E-state index in [4.69, 9.17) is 11.6 Å². The van der Waals surface area contributed by atoms with Gasteiger partial charge >= 0.3 is 0 Å². The van der Waals surface area contributed by atoms with Gasteiger partial charge in [-0.25, -0.2) is 4.98 Å². The molecule has 0 aliphatic carbocycles. The van der Waals surface area contributed by atoms with Crippen molar-refractivity contribution in [3.63, 3.8) is 0 Å². The van der Waals surface area contributed by atoms with Crippen LogP contribution >= 0.6 is 11.6 Å². The molecule has 0 aliphatic heterocycles. The summed E-state index contributed by atoms with van der Waals surface area (Å²) in [5.74, 6) is 0. The van der Waals surface area contributed by atoms with E-state index in [1.807, 2.05) is 65.4 Å². The highest BCUT2D eigenvalue weighted by molar-refractivity contribution is 6.33. The van der Waals surface area contributed by atoms with Crippen molar-refractivity contribution in [1.29, 1.82) is 0 Å². The van der Waals surface area contributed by atoms with Crippen LogP contribution in [0, 0.1) is 0 Å². The fraction of sp³-hybridized carbons (Fsp3) is 0. The van der Waals surface area contributed by atoms with Gasteiger partial charge in [0.2, 0.25) is 0 Å². The van der Waals surface area contributed by atoms with E-state index in [2.05, 4.69) is 9.97 Å². The van der Waals surface area contributed by atoms with Crippen molar-refractivity contribution in [3.8, 4) is 16.8 Å². The summed E-state index contributed by atoms with van der Waals surface area (Å²) in [6.45, 7) is 0. The van der Waals surface area contributed by atoms with Gasteiger partial charge in [-0.05, 0) is 18.2 Å². The molecule has 112 valence electrons. The van der Waals surface area contributed by atoms with Gasteiger partial charge in [-0.1, -0.05) is 48.0 Å². The molecule has 0 saturated heterocycles. The van der Waals surface area contributed by atoms with Crippen molar-refractivity contribution < 1.29 is 0 Å². The van der Waals surface area contributed by atoms with Crippen LogP contribution in [0.4, 0.5) is 0 Å². The summed E-state index contributed by atoms with van der Waals surface area (Å²) in [4.78, 5) is 19.4. The van der Waals surface area contributed by atoms with E-state index in [9.17, 15) is 4.79 Å². The van der Waals surface area contributed by atoms with Crippen molar-refractivity contribution in [3.05, 3.63) is 82.5 Å². The lowest BCUT2D eigenvalue weighted by Crippen LogP contribution is -2.07. The average Bonchev–Trinajstić information content (AvgIpc) is 2.97. The Labute approximate surface area is 137 Å². The molecule has 2 aromatic heterocycles. The highest BCUT2D eigenvalue weighted by Gasteiger charge is 2.17. The van der Waals surface area contributed by atoms with Crippen molar-refractivity contribution >= 4 is 22.6 Å². The standard InChI is InChI=1S/C18H12ClN3O/c19-15-9-5-4-8-13(15)14-10-22(12-6-2-1-3-7-12)17-16(14)18(23)21-11-20-17/h1-11H,(H,20,21,23). The van der Waals surface area contributed by atoms with Gasteiger partial charge in [0.15, 0.2) is 5.65 Å². The van der Waals surface area contributed by atoms with Gasteiger partial charge in [0, 0.05) is 28.0 Å². The van der Waals surface area contributed by atoms with Crippen LogP contribution in [0.1, 0.15) is 0 Å². The van der Waals surface area contributed by atoms with Gasteiger partial charge in [0.05, 0.1) is 11.7 Å². The normalized spacial score (nSPS) is 11.0. The molecule has 0 amide bonds. The highest BCUT2D eigenvalue weighted by atomic mass is 35.5. The molecule has 2 aromatic carbocycles. The van der Waals surface area contributed by atoms with E-state index in [1.54, 1.807) is 0 Å². The smallest absolute Gasteiger partial charge is 0.260 e. The second kappa shape index (κ2) is 5.41. The van der Waals surface area contributed by atoms with Gasteiger partial charge in [-0.3, -0.25) is 4.79 Å². The van der Waals surface area contributed by atoms with E-state index in [0.717, 1.165) is 16.8 Å². The molecule has 0 atom stereocenters. The SMILES string of the molecule is O=c1[nH]cnc2c1c(-c1ccccc1Cl)cn2-c1ccccc1. The molecule has 0 spiro atoms. The summed E-state index contributed by atoms with van der Waals surface area (Å²) in [5, 5.41) is 1.13. The van der Waals surface area contributed by atoms with E-state index >= 15 is 0 Å². The number of benzene rings is 2. The molecule has 4 nitrogen and oxygen atoms in total. The zero-order chi connectivity index (χ0) is 15.8. The minimum atomic E-state index is -0.181. The van der Waals surface area contributed by atoms with E-state index in [-0.39, 0.29) is 5.56 Å². The van der Waals surface area contributed by atoms with Crippen LogP contribution in [0.5, 0.6) is 0 Å². The summed E-state index contributed by atoms with van der Waals surface area (Å²) >= 11 is 6.32. The maximum Gasteiger partial charge on any atom is 0.260 e. The fourth-order valence-electron chi connectivity index (χ4n) is 2.74. The summed E-state index contributed by atoms with van der Waals surface area (Å²) < 4.78 is 1.91. The quantitative estimate of drug-likeness (QED) is 0.606. The van der Waals surface area contributed by atoms with Gasteiger partial charge in [0.25, 0.3) is 5.56 Å². The first-order chi connectivity index (χ1) is 11.3. The van der Waals surface area contributed by atoms with Crippen LogP contribution in [-0.2, 0) is 0 Å². The molecule has 0 bridgehead atoms. The van der Waals surface area contributed by atoms with Crippen LogP contribution in [-0.4, -0.2) is 14.5 Å². The maximum atomic E-state index is 12.4.